The van der Waals surface area contributed by atoms with Gasteiger partial charge < -0.3 is 5.32 Å². The minimum Gasteiger partial charge on any atom is -0.351 e. The summed E-state index contributed by atoms with van der Waals surface area (Å²) in [5.41, 5.74) is 0.304. The summed E-state index contributed by atoms with van der Waals surface area (Å²) in [7, 11) is -3.68. The van der Waals surface area contributed by atoms with E-state index < -0.39 is 10.0 Å². The van der Waals surface area contributed by atoms with Crippen LogP contribution in [0.25, 0.3) is 0 Å². The molecule has 0 unspecified atom stereocenters. The van der Waals surface area contributed by atoms with Crippen molar-refractivity contribution in [3.05, 3.63) is 41.4 Å². The van der Waals surface area contributed by atoms with E-state index in [9.17, 15) is 13.2 Å². The lowest BCUT2D eigenvalue weighted by Crippen LogP contribution is -2.46. The van der Waals surface area contributed by atoms with Crippen LogP contribution in [0.3, 0.4) is 0 Å². The summed E-state index contributed by atoms with van der Waals surface area (Å²) >= 11 is 1.16. The number of anilines is 1. The molecule has 0 radical (unpaired) electrons. The van der Waals surface area contributed by atoms with Gasteiger partial charge in [-0.2, -0.15) is 0 Å². The molecule has 1 heterocycles. The molecule has 0 spiro atoms. The van der Waals surface area contributed by atoms with Gasteiger partial charge in [-0.05, 0) is 37.8 Å². The van der Waals surface area contributed by atoms with Gasteiger partial charge in [0.1, 0.15) is 0 Å². The largest absolute Gasteiger partial charge is 0.351 e. The average Bonchev–Trinajstić information content (AvgIpc) is 2.91. The van der Waals surface area contributed by atoms with E-state index in [1.54, 1.807) is 23.6 Å². The fourth-order valence-electron chi connectivity index (χ4n) is 3.16. The lowest BCUT2D eigenvalue weighted by molar-refractivity contribution is -0.122. The van der Waals surface area contributed by atoms with E-state index in [-0.39, 0.29) is 33.3 Å². The highest BCUT2D eigenvalue weighted by Crippen LogP contribution is 2.27. The summed E-state index contributed by atoms with van der Waals surface area (Å²) in [5.74, 6) is -0.132. The number of hydrogen-bond donors (Lipinski definition) is 2. The van der Waals surface area contributed by atoms with E-state index in [0.717, 1.165) is 17.8 Å². The topological polar surface area (TPSA) is 88.2 Å². The van der Waals surface area contributed by atoms with Crippen molar-refractivity contribution < 1.29 is 13.2 Å². The zero-order valence-corrected chi connectivity index (χ0v) is 18.0. The second-order valence-electron chi connectivity index (χ2n) is 8.41. The first-order valence-electron chi connectivity index (χ1n) is 8.70. The van der Waals surface area contributed by atoms with Gasteiger partial charge in [-0.15, -0.1) is 11.3 Å². The fourth-order valence-corrected chi connectivity index (χ4v) is 5.15. The molecule has 0 fully saturated rings. The minimum absolute atomic E-state index is 0.0975. The van der Waals surface area contributed by atoms with Crippen LogP contribution in [-0.4, -0.2) is 24.8 Å². The average molecular weight is 410 g/mol. The van der Waals surface area contributed by atoms with Gasteiger partial charge in [-0.25, -0.2) is 13.4 Å². The summed E-state index contributed by atoms with van der Waals surface area (Å²) in [6.45, 7) is 10.4. The number of benzene rings is 1. The Morgan fingerprint density at radius 3 is 2.33 bits per heavy atom. The maximum absolute atomic E-state index is 12.3. The van der Waals surface area contributed by atoms with Gasteiger partial charge in [0, 0.05) is 10.9 Å². The van der Waals surface area contributed by atoms with Crippen LogP contribution in [0.1, 0.15) is 46.7 Å². The van der Waals surface area contributed by atoms with Gasteiger partial charge >= 0.3 is 0 Å². The van der Waals surface area contributed by atoms with Gasteiger partial charge in [0.15, 0.2) is 5.13 Å². The molecule has 2 rings (SSSR count). The quantitative estimate of drug-likeness (QED) is 0.728. The molecule has 0 aliphatic rings. The van der Waals surface area contributed by atoms with Crippen molar-refractivity contribution in [1.82, 2.24) is 10.3 Å². The standard InChI is InChI=1S/C19H27N3O3S2/c1-18(2,3)13-19(4,5)21-16(23)11-14-12-26-17(20-14)22-27(24,25)15-9-7-6-8-10-15/h6-10,12H,11,13H2,1-5H3,(H,20,22)(H,21,23). The Bertz CT molecular complexity index is 882. The Labute approximate surface area is 165 Å². The van der Waals surface area contributed by atoms with Crippen LogP contribution in [0.5, 0.6) is 0 Å². The molecular weight excluding hydrogens is 382 g/mol. The van der Waals surface area contributed by atoms with Crippen LogP contribution in [0.4, 0.5) is 5.13 Å². The van der Waals surface area contributed by atoms with Gasteiger partial charge in [0.05, 0.1) is 17.0 Å². The van der Waals surface area contributed by atoms with Crippen molar-refractivity contribution in [3.8, 4) is 0 Å². The van der Waals surface area contributed by atoms with Crippen molar-refractivity contribution in [2.75, 3.05) is 4.72 Å². The molecule has 2 aromatic rings. The zero-order chi connectivity index (χ0) is 20.3. The third kappa shape index (κ3) is 6.95. The normalized spacial score (nSPS) is 12.6. The van der Waals surface area contributed by atoms with Crippen LogP contribution in [0, 0.1) is 5.41 Å². The number of sulfonamides is 1. The number of nitrogens with zero attached hydrogens (tertiary/aromatic N) is 1. The van der Waals surface area contributed by atoms with E-state index in [2.05, 4.69) is 35.8 Å². The third-order valence-electron chi connectivity index (χ3n) is 3.62. The van der Waals surface area contributed by atoms with Crippen LogP contribution in [-0.2, 0) is 21.2 Å². The first-order valence-corrected chi connectivity index (χ1v) is 11.1. The Morgan fingerprint density at radius 2 is 1.74 bits per heavy atom. The van der Waals surface area contributed by atoms with Crippen LogP contribution in [0.15, 0.2) is 40.6 Å². The highest BCUT2D eigenvalue weighted by Gasteiger charge is 2.27. The van der Waals surface area contributed by atoms with Crippen LogP contribution < -0.4 is 10.0 Å². The Hall–Kier alpha value is -1.93. The first kappa shape index (κ1) is 21.4. The van der Waals surface area contributed by atoms with Crippen LogP contribution in [0.2, 0.25) is 0 Å². The second-order valence-corrected chi connectivity index (χ2v) is 10.9. The molecule has 2 N–H and O–H groups in total. The molecule has 0 aliphatic heterocycles. The van der Waals surface area contributed by atoms with Gasteiger partial charge in [0.25, 0.3) is 10.0 Å². The highest BCUT2D eigenvalue weighted by molar-refractivity contribution is 7.93. The van der Waals surface area contributed by atoms with Gasteiger partial charge in [0.2, 0.25) is 5.91 Å². The zero-order valence-electron chi connectivity index (χ0n) is 16.4. The summed E-state index contributed by atoms with van der Waals surface area (Å²) in [5, 5.41) is 4.97. The molecule has 0 saturated carbocycles. The Kier molecular flexibility index (Phi) is 6.32. The summed E-state index contributed by atoms with van der Waals surface area (Å²) < 4.78 is 27.1. The van der Waals surface area contributed by atoms with E-state index >= 15 is 0 Å². The molecule has 8 heteroatoms. The van der Waals surface area contributed by atoms with E-state index in [1.807, 2.05) is 13.8 Å². The number of aromatic nitrogens is 1. The first-order chi connectivity index (χ1) is 12.4. The van der Waals surface area contributed by atoms with Crippen molar-refractivity contribution >= 4 is 32.4 Å². The number of carbonyl (C=O) groups is 1. The molecule has 27 heavy (non-hydrogen) atoms. The number of nitrogens with one attached hydrogen (secondary N) is 2. The van der Waals surface area contributed by atoms with Crippen molar-refractivity contribution in [2.45, 2.75) is 57.9 Å². The summed E-state index contributed by atoms with van der Waals surface area (Å²) in [4.78, 5) is 16.7. The molecular formula is C19H27N3O3S2. The number of rotatable bonds is 7. The van der Waals surface area contributed by atoms with E-state index in [0.29, 0.717) is 5.69 Å². The monoisotopic (exact) mass is 409 g/mol. The van der Waals surface area contributed by atoms with Crippen molar-refractivity contribution in [1.29, 1.82) is 0 Å². The van der Waals surface area contributed by atoms with Gasteiger partial charge in [-0.1, -0.05) is 39.0 Å². The second kappa shape index (κ2) is 7.98. The predicted octanol–water partition coefficient (Wildman–Crippen LogP) is 3.82. The fraction of sp³-hybridized carbons (Fsp3) is 0.474. The molecule has 1 amide bonds. The Balaban J connectivity index is 1.99. The summed E-state index contributed by atoms with van der Waals surface area (Å²) in [6.07, 6.45) is 0.946. The van der Waals surface area contributed by atoms with Crippen molar-refractivity contribution in [3.63, 3.8) is 0 Å². The maximum Gasteiger partial charge on any atom is 0.263 e. The smallest absolute Gasteiger partial charge is 0.263 e. The molecule has 6 nitrogen and oxygen atoms in total. The lowest BCUT2D eigenvalue weighted by Gasteiger charge is -2.33. The molecule has 148 valence electrons. The van der Waals surface area contributed by atoms with Crippen molar-refractivity contribution in [2.24, 2.45) is 5.41 Å². The molecule has 0 atom stereocenters. The molecule has 1 aromatic heterocycles. The Morgan fingerprint density at radius 1 is 1.11 bits per heavy atom. The number of thiazole rings is 1. The van der Waals surface area contributed by atoms with Crippen LogP contribution >= 0.6 is 11.3 Å². The predicted molar refractivity (Wildman–Crippen MR) is 109 cm³/mol. The van der Waals surface area contributed by atoms with Gasteiger partial charge in [-0.3, -0.25) is 9.52 Å². The molecule has 1 aromatic carbocycles. The molecule has 0 saturated heterocycles. The lowest BCUT2D eigenvalue weighted by atomic mass is 9.82. The molecule has 0 bridgehead atoms. The third-order valence-corrected chi connectivity index (χ3v) is 5.91. The maximum atomic E-state index is 12.3. The summed E-state index contributed by atoms with van der Waals surface area (Å²) in [6, 6.07) is 8.10. The SMILES string of the molecule is CC(C)(C)CC(C)(C)NC(=O)Cc1csc(NS(=O)(=O)c2ccccc2)n1. The minimum atomic E-state index is -3.68. The molecule has 0 aliphatic carbocycles. The number of amides is 1. The highest BCUT2D eigenvalue weighted by atomic mass is 32.2. The number of carbonyl (C=O) groups excluding carboxylic acids is 1. The number of hydrogen-bond acceptors (Lipinski definition) is 5. The van der Waals surface area contributed by atoms with E-state index in [1.165, 1.54) is 12.1 Å². The van der Waals surface area contributed by atoms with E-state index in [4.69, 9.17) is 0 Å².